The van der Waals surface area contributed by atoms with Gasteiger partial charge in [-0.1, -0.05) is 11.6 Å². The van der Waals surface area contributed by atoms with E-state index in [1.54, 1.807) is 4.68 Å². The van der Waals surface area contributed by atoms with Crippen LogP contribution in [0.5, 0.6) is 0 Å². The number of nitrogens with zero attached hydrogens (tertiary/aromatic N) is 4. The van der Waals surface area contributed by atoms with Gasteiger partial charge in [0.1, 0.15) is 10.8 Å². The summed E-state index contributed by atoms with van der Waals surface area (Å²) in [5, 5.41) is 15.8. The van der Waals surface area contributed by atoms with Crippen molar-refractivity contribution in [3.63, 3.8) is 0 Å². The highest BCUT2D eigenvalue weighted by Crippen LogP contribution is 2.58. The van der Waals surface area contributed by atoms with E-state index in [1.807, 2.05) is 7.05 Å². The van der Waals surface area contributed by atoms with Gasteiger partial charge < -0.3 is 20.6 Å². The van der Waals surface area contributed by atoms with Crippen molar-refractivity contribution < 1.29 is 9.90 Å². The summed E-state index contributed by atoms with van der Waals surface area (Å²) in [6.45, 7) is 2.02. The lowest BCUT2D eigenvalue weighted by molar-refractivity contribution is -0.134. The summed E-state index contributed by atoms with van der Waals surface area (Å²) in [5.41, 5.74) is 5.20. The van der Waals surface area contributed by atoms with Crippen LogP contribution in [-0.4, -0.2) is 63.5 Å². The van der Waals surface area contributed by atoms with Crippen molar-refractivity contribution >= 4 is 23.3 Å². The first-order valence-corrected chi connectivity index (χ1v) is 10.8. The fourth-order valence-corrected chi connectivity index (χ4v) is 7.38. The number of likely N-dealkylation sites (N-methyl/N-ethyl adjacent to an activating group) is 1. The standard InChI is InChI=1S/C20H30ClN5O2/c1-24-4-3-14(10-24)26(19-15(21)16(18(22)27)23-25(19)2)17-12-5-11-6-13(17)9-20(28,7-11)8-12/h11-14,17,28H,3-10H2,1-2H3,(H2,22,27)/t11?,12?,13?,14-,17?,20?/m0/s1. The van der Waals surface area contributed by atoms with E-state index in [2.05, 4.69) is 21.9 Å². The number of nitrogens with two attached hydrogens (primary N) is 1. The largest absolute Gasteiger partial charge is 0.390 e. The van der Waals surface area contributed by atoms with Crippen molar-refractivity contribution in [3.8, 4) is 0 Å². The number of rotatable bonds is 4. The van der Waals surface area contributed by atoms with Gasteiger partial charge in [-0.15, -0.1) is 0 Å². The van der Waals surface area contributed by atoms with Gasteiger partial charge in [0.15, 0.2) is 5.69 Å². The van der Waals surface area contributed by atoms with Crippen LogP contribution in [0, 0.1) is 17.8 Å². The summed E-state index contributed by atoms with van der Waals surface area (Å²) in [6, 6.07) is 0.665. The second-order valence-electron chi connectivity index (χ2n) is 9.77. The molecule has 2 unspecified atom stereocenters. The SMILES string of the molecule is CN1CC[C@H](N(c2c(Cl)c(C(N)=O)nn2C)C2C3CC4CC2CC(O)(C4)C3)C1. The summed E-state index contributed by atoms with van der Waals surface area (Å²) in [4.78, 5) is 16.7. The molecule has 5 aliphatic rings. The average molecular weight is 408 g/mol. The minimum atomic E-state index is -0.588. The van der Waals surface area contributed by atoms with E-state index in [-0.39, 0.29) is 5.69 Å². The molecule has 4 bridgehead atoms. The van der Waals surface area contributed by atoms with Crippen LogP contribution < -0.4 is 10.6 Å². The van der Waals surface area contributed by atoms with Crippen molar-refractivity contribution in [1.82, 2.24) is 14.7 Å². The highest BCUT2D eigenvalue weighted by Gasteiger charge is 2.57. The predicted molar refractivity (Wildman–Crippen MR) is 107 cm³/mol. The van der Waals surface area contributed by atoms with Crippen molar-refractivity contribution in [1.29, 1.82) is 0 Å². The maximum atomic E-state index is 11.8. The minimum absolute atomic E-state index is 0.151. The molecule has 28 heavy (non-hydrogen) atoms. The molecule has 0 aromatic carbocycles. The Bertz CT molecular complexity index is 795. The lowest BCUT2D eigenvalue weighted by Crippen LogP contribution is -2.64. The van der Waals surface area contributed by atoms with E-state index in [0.717, 1.165) is 44.6 Å². The van der Waals surface area contributed by atoms with Gasteiger partial charge >= 0.3 is 0 Å². The number of carbonyl (C=O) groups is 1. The zero-order valence-electron chi connectivity index (χ0n) is 16.6. The lowest BCUT2D eigenvalue weighted by atomic mass is 9.52. The maximum Gasteiger partial charge on any atom is 0.270 e. The normalized spacial score (nSPS) is 39.6. The van der Waals surface area contributed by atoms with Gasteiger partial charge in [-0.2, -0.15) is 5.10 Å². The van der Waals surface area contributed by atoms with Crippen molar-refractivity contribution in [3.05, 3.63) is 10.7 Å². The van der Waals surface area contributed by atoms with Crippen LogP contribution in [0.4, 0.5) is 5.82 Å². The molecule has 1 aromatic rings. The molecule has 3 N–H and O–H groups in total. The zero-order chi connectivity index (χ0) is 19.8. The number of aliphatic hydroxyl groups is 1. The molecule has 0 radical (unpaired) electrons. The molecule has 3 atom stereocenters. The highest BCUT2D eigenvalue weighted by molar-refractivity contribution is 6.36. The van der Waals surface area contributed by atoms with Gasteiger partial charge in [0.05, 0.1) is 5.60 Å². The molecule has 0 spiro atoms. The number of anilines is 1. The smallest absolute Gasteiger partial charge is 0.270 e. The van der Waals surface area contributed by atoms with Crippen LogP contribution in [0.2, 0.25) is 5.02 Å². The van der Waals surface area contributed by atoms with Gasteiger partial charge in [-0.25, -0.2) is 0 Å². The van der Waals surface area contributed by atoms with Crippen molar-refractivity contribution in [2.45, 2.75) is 56.2 Å². The summed E-state index contributed by atoms with van der Waals surface area (Å²) >= 11 is 6.69. The van der Waals surface area contributed by atoms with Crippen molar-refractivity contribution in [2.75, 3.05) is 25.0 Å². The number of primary amides is 1. The third-order valence-corrected chi connectivity index (χ3v) is 8.06. The lowest BCUT2D eigenvalue weighted by Gasteiger charge is -2.61. The summed E-state index contributed by atoms with van der Waals surface area (Å²) in [6.07, 6.45) is 6.15. The molecule has 4 aliphatic carbocycles. The molecule has 8 heteroatoms. The Labute approximate surface area is 170 Å². The number of hydrogen-bond acceptors (Lipinski definition) is 5. The van der Waals surface area contributed by atoms with E-state index in [1.165, 1.54) is 12.8 Å². The molecule has 1 aromatic heterocycles. The number of hydrogen-bond donors (Lipinski definition) is 2. The molecular formula is C20H30ClN5O2. The highest BCUT2D eigenvalue weighted by atomic mass is 35.5. The molecule has 7 nitrogen and oxygen atoms in total. The minimum Gasteiger partial charge on any atom is -0.390 e. The summed E-state index contributed by atoms with van der Waals surface area (Å²) in [5.74, 6) is 1.81. The van der Waals surface area contributed by atoms with Gasteiger partial charge in [0.2, 0.25) is 0 Å². The van der Waals surface area contributed by atoms with Gasteiger partial charge in [0.25, 0.3) is 5.91 Å². The molecule has 1 aliphatic heterocycles. The molecule has 4 saturated carbocycles. The number of halogens is 1. The predicted octanol–water partition coefficient (Wildman–Crippen LogP) is 1.62. The van der Waals surface area contributed by atoms with Crippen molar-refractivity contribution in [2.24, 2.45) is 30.5 Å². The monoisotopic (exact) mass is 407 g/mol. The van der Waals surface area contributed by atoms with Gasteiger partial charge in [-0.3, -0.25) is 9.48 Å². The van der Waals surface area contributed by atoms with Crippen LogP contribution in [0.3, 0.4) is 0 Å². The topological polar surface area (TPSA) is 87.6 Å². The Balaban J connectivity index is 1.58. The van der Waals surface area contributed by atoms with Crippen LogP contribution in [0.1, 0.15) is 49.0 Å². The van der Waals surface area contributed by atoms with E-state index in [0.29, 0.717) is 34.9 Å². The quantitative estimate of drug-likeness (QED) is 0.791. The van der Waals surface area contributed by atoms with Gasteiger partial charge in [0, 0.05) is 25.7 Å². The molecule has 5 fully saturated rings. The Hall–Kier alpha value is -1.31. The van der Waals surface area contributed by atoms with Crippen LogP contribution in [0.25, 0.3) is 0 Å². The van der Waals surface area contributed by atoms with Crippen LogP contribution in [0.15, 0.2) is 0 Å². The average Bonchev–Trinajstić information content (AvgIpc) is 3.13. The zero-order valence-corrected chi connectivity index (χ0v) is 17.4. The van der Waals surface area contributed by atoms with E-state index in [4.69, 9.17) is 17.3 Å². The summed E-state index contributed by atoms with van der Waals surface area (Å²) in [7, 11) is 4.00. The number of carbonyl (C=O) groups excluding carboxylic acids is 1. The number of likely N-dealkylation sites (tertiary alicyclic amines) is 1. The molecule has 2 heterocycles. The second kappa shape index (κ2) is 6.34. The number of amides is 1. The number of aromatic nitrogens is 2. The fourth-order valence-electron chi connectivity index (χ4n) is 7.03. The Morgan fingerprint density at radius 2 is 1.96 bits per heavy atom. The third-order valence-electron chi connectivity index (χ3n) is 7.71. The summed E-state index contributed by atoms with van der Waals surface area (Å²) < 4.78 is 1.74. The Morgan fingerprint density at radius 3 is 2.46 bits per heavy atom. The molecule has 6 rings (SSSR count). The maximum absolute atomic E-state index is 11.8. The first kappa shape index (κ1) is 18.7. The molecule has 1 saturated heterocycles. The molecule has 1 amide bonds. The fraction of sp³-hybridized carbons (Fsp3) is 0.800. The first-order valence-electron chi connectivity index (χ1n) is 10.5. The molecular weight excluding hydrogens is 378 g/mol. The Kier molecular flexibility index (Phi) is 4.24. The van der Waals surface area contributed by atoms with E-state index in [9.17, 15) is 9.90 Å². The van der Waals surface area contributed by atoms with Crippen LogP contribution >= 0.6 is 11.6 Å². The third kappa shape index (κ3) is 2.77. The Morgan fingerprint density at radius 1 is 1.29 bits per heavy atom. The van der Waals surface area contributed by atoms with Crippen LogP contribution in [-0.2, 0) is 7.05 Å². The van der Waals surface area contributed by atoms with E-state index >= 15 is 0 Å². The second-order valence-corrected chi connectivity index (χ2v) is 10.1. The molecule has 154 valence electrons. The van der Waals surface area contributed by atoms with Gasteiger partial charge in [-0.05, 0) is 69.9 Å². The van der Waals surface area contributed by atoms with E-state index < -0.39 is 11.5 Å². The number of aryl methyl sites for hydroxylation is 1. The first-order chi connectivity index (χ1) is 13.3.